The molecule has 1 atom stereocenters. The van der Waals surface area contributed by atoms with Crippen molar-refractivity contribution >= 4 is 10.8 Å². The van der Waals surface area contributed by atoms with E-state index in [1.807, 2.05) is 0 Å². The molecular weight excluding hydrogens is 220 g/mol. The second kappa shape index (κ2) is 5.09. The molecule has 2 aromatic carbocycles. The van der Waals surface area contributed by atoms with Crippen molar-refractivity contribution in [2.24, 2.45) is 11.3 Å². The second-order valence-corrected chi connectivity index (χ2v) is 5.93. The van der Waals surface area contributed by atoms with Crippen LogP contribution in [0.2, 0.25) is 0 Å². The minimum absolute atomic E-state index is 0.145. The first-order valence-electron chi connectivity index (χ1n) is 6.45. The molecule has 0 bridgehead atoms. The number of hydrogen-bond acceptors (Lipinski definition) is 2. The number of hydrogen-bond donors (Lipinski definition) is 2. The predicted molar refractivity (Wildman–Crippen MR) is 78.2 cm³/mol. The molecule has 0 amide bonds. The molecule has 0 saturated carbocycles. The van der Waals surface area contributed by atoms with Crippen molar-refractivity contribution in [2.75, 3.05) is 0 Å². The molecule has 0 saturated heterocycles. The zero-order chi connectivity index (χ0) is 13.2. The molecule has 0 aliphatic carbocycles. The van der Waals surface area contributed by atoms with Crippen LogP contribution in [-0.4, -0.2) is 6.04 Å². The lowest BCUT2D eigenvalue weighted by molar-refractivity contribution is 0.269. The standard InChI is InChI=1S/C16H22N2/c1-16(2,3)15(18-17)11-13-9-6-8-12-7-4-5-10-14(12)13/h4-10,15,18H,11,17H2,1-3H3. The minimum Gasteiger partial charge on any atom is -0.271 e. The molecule has 0 aromatic heterocycles. The summed E-state index contributed by atoms with van der Waals surface area (Å²) in [5, 5.41) is 2.61. The van der Waals surface area contributed by atoms with Gasteiger partial charge in [-0.05, 0) is 28.2 Å². The molecule has 3 N–H and O–H groups in total. The van der Waals surface area contributed by atoms with Gasteiger partial charge in [0.25, 0.3) is 0 Å². The number of nitrogens with two attached hydrogens (primary N) is 1. The second-order valence-electron chi connectivity index (χ2n) is 5.93. The van der Waals surface area contributed by atoms with Gasteiger partial charge >= 0.3 is 0 Å². The van der Waals surface area contributed by atoms with Crippen molar-refractivity contribution < 1.29 is 0 Å². The molecule has 0 spiro atoms. The van der Waals surface area contributed by atoms with E-state index in [1.165, 1.54) is 16.3 Å². The van der Waals surface area contributed by atoms with Gasteiger partial charge in [-0.3, -0.25) is 11.3 Å². The molecule has 2 heteroatoms. The van der Waals surface area contributed by atoms with Crippen molar-refractivity contribution in [1.29, 1.82) is 0 Å². The van der Waals surface area contributed by atoms with E-state index in [0.29, 0.717) is 0 Å². The monoisotopic (exact) mass is 242 g/mol. The first kappa shape index (κ1) is 13.1. The van der Waals surface area contributed by atoms with Crippen LogP contribution in [0.4, 0.5) is 0 Å². The molecule has 96 valence electrons. The Morgan fingerprint density at radius 1 is 1.06 bits per heavy atom. The van der Waals surface area contributed by atoms with E-state index in [9.17, 15) is 0 Å². The van der Waals surface area contributed by atoms with Gasteiger partial charge in [0.1, 0.15) is 0 Å². The predicted octanol–water partition coefficient (Wildman–Crippen LogP) is 3.26. The van der Waals surface area contributed by atoms with Crippen molar-refractivity contribution in [3.63, 3.8) is 0 Å². The van der Waals surface area contributed by atoms with E-state index in [1.54, 1.807) is 0 Å². The maximum Gasteiger partial charge on any atom is 0.0299 e. The average molecular weight is 242 g/mol. The van der Waals surface area contributed by atoms with Crippen molar-refractivity contribution in [3.8, 4) is 0 Å². The Morgan fingerprint density at radius 2 is 1.72 bits per heavy atom. The summed E-state index contributed by atoms with van der Waals surface area (Å²) in [4.78, 5) is 0. The highest BCUT2D eigenvalue weighted by atomic mass is 15.2. The number of benzene rings is 2. The summed E-state index contributed by atoms with van der Waals surface area (Å²) in [5.41, 5.74) is 4.45. The van der Waals surface area contributed by atoms with Crippen LogP contribution in [0.3, 0.4) is 0 Å². The molecule has 2 rings (SSSR count). The fourth-order valence-corrected chi connectivity index (χ4v) is 2.31. The third kappa shape index (κ3) is 2.71. The molecule has 2 aromatic rings. The fourth-order valence-electron chi connectivity index (χ4n) is 2.31. The van der Waals surface area contributed by atoms with Crippen LogP contribution in [0.1, 0.15) is 26.3 Å². The number of fused-ring (bicyclic) bond motifs is 1. The van der Waals surface area contributed by atoms with E-state index < -0.39 is 0 Å². The maximum atomic E-state index is 5.70. The summed E-state index contributed by atoms with van der Waals surface area (Å²) in [6.07, 6.45) is 0.946. The molecule has 2 nitrogen and oxygen atoms in total. The number of nitrogens with one attached hydrogen (secondary N) is 1. The largest absolute Gasteiger partial charge is 0.271 e. The molecule has 0 heterocycles. The van der Waals surface area contributed by atoms with Crippen LogP contribution in [-0.2, 0) is 6.42 Å². The van der Waals surface area contributed by atoms with Gasteiger partial charge in [-0.2, -0.15) is 0 Å². The Morgan fingerprint density at radius 3 is 2.39 bits per heavy atom. The number of hydrazine groups is 1. The number of rotatable bonds is 3. The van der Waals surface area contributed by atoms with Crippen LogP contribution in [0.25, 0.3) is 10.8 Å². The normalized spacial score (nSPS) is 13.8. The van der Waals surface area contributed by atoms with Crippen LogP contribution in [0.15, 0.2) is 42.5 Å². The molecule has 0 radical (unpaired) electrons. The quantitative estimate of drug-likeness (QED) is 0.640. The van der Waals surface area contributed by atoms with Gasteiger partial charge in [0.2, 0.25) is 0 Å². The molecule has 18 heavy (non-hydrogen) atoms. The van der Waals surface area contributed by atoms with Crippen LogP contribution in [0.5, 0.6) is 0 Å². The third-order valence-corrected chi connectivity index (χ3v) is 3.55. The highest BCUT2D eigenvalue weighted by Crippen LogP contribution is 2.25. The maximum absolute atomic E-state index is 5.70. The highest BCUT2D eigenvalue weighted by Gasteiger charge is 2.23. The van der Waals surface area contributed by atoms with Crippen molar-refractivity contribution in [2.45, 2.75) is 33.2 Å². The SMILES string of the molecule is CC(C)(C)C(Cc1cccc2ccccc12)NN. The first-order chi connectivity index (χ1) is 8.52. The van der Waals surface area contributed by atoms with E-state index in [2.05, 4.69) is 68.7 Å². The van der Waals surface area contributed by atoms with E-state index in [4.69, 9.17) is 5.84 Å². The summed E-state index contributed by atoms with van der Waals surface area (Å²) < 4.78 is 0. The average Bonchev–Trinajstić information content (AvgIpc) is 2.34. The zero-order valence-corrected chi connectivity index (χ0v) is 11.4. The third-order valence-electron chi connectivity index (χ3n) is 3.55. The first-order valence-corrected chi connectivity index (χ1v) is 6.45. The Labute approximate surface area is 109 Å². The van der Waals surface area contributed by atoms with E-state index in [0.717, 1.165) is 6.42 Å². The molecule has 1 unspecified atom stereocenters. The Bertz CT molecular complexity index is 521. The van der Waals surface area contributed by atoms with Crippen molar-refractivity contribution in [1.82, 2.24) is 5.43 Å². The lowest BCUT2D eigenvalue weighted by atomic mass is 9.82. The molecular formula is C16H22N2. The fraction of sp³-hybridized carbons (Fsp3) is 0.375. The summed E-state index contributed by atoms with van der Waals surface area (Å²) in [6, 6.07) is 15.2. The molecule has 0 fully saturated rings. The van der Waals surface area contributed by atoms with Crippen LogP contribution >= 0.6 is 0 Å². The highest BCUT2D eigenvalue weighted by molar-refractivity contribution is 5.85. The molecule has 0 aliphatic heterocycles. The van der Waals surface area contributed by atoms with Crippen LogP contribution in [0, 0.1) is 5.41 Å². The van der Waals surface area contributed by atoms with Gasteiger partial charge in [-0.25, -0.2) is 0 Å². The lowest BCUT2D eigenvalue weighted by Crippen LogP contribution is -2.45. The van der Waals surface area contributed by atoms with E-state index in [-0.39, 0.29) is 11.5 Å². The summed E-state index contributed by atoms with van der Waals surface area (Å²) in [7, 11) is 0. The smallest absolute Gasteiger partial charge is 0.0299 e. The minimum atomic E-state index is 0.145. The van der Waals surface area contributed by atoms with Crippen molar-refractivity contribution in [3.05, 3.63) is 48.0 Å². The summed E-state index contributed by atoms with van der Waals surface area (Å²) in [5.74, 6) is 5.70. The lowest BCUT2D eigenvalue weighted by Gasteiger charge is -2.30. The molecule has 0 aliphatic rings. The van der Waals surface area contributed by atoms with Gasteiger partial charge in [0, 0.05) is 6.04 Å². The topological polar surface area (TPSA) is 38.0 Å². The van der Waals surface area contributed by atoms with E-state index >= 15 is 0 Å². The van der Waals surface area contributed by atoms with Gasteiger partial charge in [-0.1, -0.05) is 63.2 Å². The summed E-state index contributed by atoms with van der Waals surface area (Å²) >= 11 is 0. The Kier molecular flexibility index (Phi) is 3.69. The Balaban J connectivity index is 2.37. The van der Waals surface area contributed by atoms with Crippen LogP contribution < -0.4 is 11.3 Å². The van der Waals surface area contributed by atoms with Gasteiger partial charge in [0.05, 0.1) is 0 Å². The summed E-state index contributed by atoms with van der Waals surface area (Å²) in [6.45, 7) is 6.63. The van der Waals surface area contributed by atoms with Gasteiger partial charge < -0.3 is 0 Å². The Hall–Kier alpha value is -1.38. The van der Waals surface area contributed by atoms with Gasteiger partial charge in [0.15, 0.2) is 0 Å². The van der Waals surface area contributed by atoms with Gasteiger partial charge in [-0.15, -0.1) is 0 Å². The zero-order valence-electron chi connectivity index (χ0n) is 11.4.